The molecule has 2 heterocycles. The van der Waals surface area contributed by atoms with Crippen LogP contribution < -0.4 is 5.32 Å². The molecule has 0 bridgehead atoms. The maximum absolute atomic E-state index is 11.7. The van der Waals surface area contributed by atoms with E-state index in [2.05, 4.69) is 25.9 Å². The molecule has 0 spiro atoms. The lowest BCUT2D eigenvalue weighted by molar-refractivity contribution is -0.121. The maximum atomic E-state index is 11.7. The minimum absolute atomic E-state index is 0.110. The van der Waals surface area contributed by atoms with Crippen LogP contribution in [0.3, 0.4) is 0 Å². The zero-order chi connectivity index (χ0) is 14.5. The van der Waals surface area contributed by atoms with Crippen molar-refractivity contribution >= 4 is 29.3 Å². The Labute approximate surface area is 124 Å². The first-order chi connectivity index (χ1) is 9.56. The van der Waals surface area contributed by atoms with E-state index < -0.39 is 0 Å². The Balaban J connectivity index is 1.69. The Morgan fingerprint density at radius 1 is 1.55 bits per heavy atom. The predicted molar refractivity (Wildman–Crippen MR) is 74.5 cm³/mol. The number of hydrogen-bond donors (Lipinski definition) is 1. The maximum Gasteiger partial charge on any atom is 0.241 e. The number of nitrogens with one attached hydrogen (secondary N) is 1. The van der Waals surface area contributed by atoms with E-state index in [1.807, 2.05) is 0 Å². The molecule has 0 aliphatic rings. The Kier molecular flexibility index (Phi) is 4.96. The van der Waals surface area contributed by atoms with Crippen LogP contribution in [0.25, 0.3) is 0 Å². The number of aromatic nitrogens is 6. The Bertz CT molecular complexity index is 577. The van der Waals surface area contributed by atoms with Gasteiger partial charge in [0.2, 0.25) is 11.1 Å². The van der Waals surface area contributed by atoms with E-state index in [0.29, 0.717) is 28.2 Å². The van der Waals surface area contributed by atoms with E-state index in [4.69, 9.17) is 11.6 Å². The van der Waals surface area contributed by atoms with E-state index in [1.54, 1.807) is 24.9 Å². The first-order valence-corrected chi connectivity index (χ1v) is 7.24. The molecule has 0 fully saturated rings. The van der Waals surface area contributed by atoms with Gasteiger partial charge < -0.3 is 5.32 Å². The second kappa shape index (κ2) is 6.71. The molecule has 0 aliphatic heterocycles. The number of carbonyl (C=O) groups excluding carboxylic acids is 1. The van der Waals surface area contributed by atoms with Crippen LogP contribution in [0.1, 0.15) is 5.69 Å². The summed E-state index contributed by atoms with van der Waals surface area (Å²) in [6.45, 7) is 2.48. The topological polar surface area (TPSA) is 90.5 Å². The van der Waals surface area contributed by atoms with Crippen LogP contribution in [-0.2, 0) is 18.4 Å². The van der Waals surface area contributed by atoms with E-state index in [-0.39, 0.29) is 12.5 Å². The van der Waals surface area contributed by atoms with Crippen LogP contribution in [0, 0.1) is 6.92 Å². The zero-order valence-electron chi connectivity index (χ0n) is 11.1. The van der Waals surface area contributed by atoms with Crippen molar-refractivity contribution < 1.29 is 4.79 Å². The van der Waals surface area contributed by atoms with Gasteiger partial charge >= 0.3 is 0 Å². The molecule has 2 aromatic rings. The normalized spacial score (nSPS) is 10.8. The number of amides is 1. The third kappa shape index (κ3) is 3.94. The highest BCUT2D eigenvalue weighted by Crippen LogP contribution is 2.12. The third-order valence-electron chi connectivity index (χ3n) is 2.43. The molecule has 20 heavy (non-hydrogen) atoms. The quantitative estimate of drug-likeness (QED) is 0.608. The molecule has 0 atom stereocenters. The number of thioether (sulfide) groups is 1. The first kappa shape index (κ1) is 14.8. The minimum atomic E-state index is -0.110. The van der Waals surface area contributed by atoms with Crippen LogP contribution in [0.2, 0.25) is 5.02 Å². The van der Waals surface area contributed by atoms with Crippen LogP contribution in [0.15, 0.2) is 11.4 Å². The smallest absolute Gasteiger partial charge is 0.241 e. The second-order valence-electron chi connectivity index (χ2n) is 4.04. The molecule has 1 amide bonds. The molecule has 0 radical (unpaired) electrons. The Hall–Kier alpha value is -1.61. The molecule has 0 aromatic carbocycles. The number of tetrazole rings is 1. The van der Waals surface area contributed by atoms with E-state index >= 15 is 0 Å². The summed E-state index contributed by atoms with van der Waals surface area (Å²) < 4.78 is 3.10. The molecule has 0 unspecified atom stereocenters. The standard InChI is InChI=1S/C10H14ClN7OS/c1-7-8(11)5-18(14-7)6-9(19)12-3-4-20-10-13-15-16-17(10)2/h5H,3-4,6H2,1-2H3,(H,12,19). The summed E-state index contributed by atoms with van der Waals surface area (Å²) in [7, 11) is 1.77. The fraction of sp³-hybridized carbons (Fsp3) is 0.500. The molecule has 108 valence electrons. The number of aryl methyl sites for hydroxylation is 2. The van der Waals surface area contributed by atoms with Crippen molar-refractivity contribution in [3.63, 3.8) is 0 Å². The van der Waals surface area contributed by atoms with Gasteiger partial charge in [-0.05, 0) is 17.4 Å². The molecule has 0 aliphatic carbocycles. The van der Waals surface area contributed by atoms with Crippen molar-refractivity contribution in [1.29, 1.82) is 0 Å². The second-order valence-corrected chi connectivity index (χ2v) is 5.51. The molecule has 2 aromatic heterocycles. The van der Waals surface area contributed by atoms with Gasteiger partial charge in [0.1, 0.15) is 6.54 Å². The molecule has 0 saturated heterocycles. The van der Waals surface area contributed by atoms with Gasteiger partial charge in [-0.1, -0.05) is 23.4 Å². The number of carbonyl (C=O) groups is 1. The number of nitrogens with zero attached hydrogens (tertiary/aromatic N) is 6. The summed E-state index contributed by atoms with van der Waals surface area (Å²) in [4.78, 5) is 11.7. The average molecular weight is 316 g/mol. The van der Waals surface area contributed by atoms with Crippen LogP contribution in [0.5, 0.6) is 0 Å². The Morgan fingerprint density at radius 2 is 2.35 bits per heavy atom. The van der Waals surface area contributed by atoms with E-state index in [1.165, 1.54) is 16.4 Å². The largest absolute Gasteiger partial charge is 0.354 e. The van der Waals surface area contributed by atoms with E-state index in [0.717, 1.165) is 0 Å². The molecule has 8 nitrogen and oxygen atoms in total. The highest BCUT2D eigenvalue weighted by atomic mass is 35.5. The van der Waals surface area contributed by atoms with Crippen molar-refractivity contribution in [2.45, 2.75) is 18.6 Å². The van der Waals surface area contributed by atoms with Gasteiger partial charge in [0.05, 0.1) is 10.7 Å². The summed E-state index contributed by atoms with van der Waals surface area (Å²) in [6.07, 6.45) is 1.64. The van der Waals surface area contributed by atoms with Crippen molar-refractivity contribution in [1.82, 2.24) is 35.3 Å². The lowest BCUT2D eigenvalue weighted by Gasteiger charge is -2.04. The minimum Gasteiger partial charge on any atom is -0.354 e. The van der Waals surface area contributed by atoms with Crippen molar-refractivity contribution in [3.8, 4) is 0 Å². The first-order valence-electron chi connectivity index (χ1n) is 5.87. The summed E-state index contributed by atoms with van der Waals surface area (Å²) in [5.41, 5.74) is 0.713. The van der Waals surface area contributed by atoms with Crippen LogP contribution >= 0.6 is 23.4 Å². The lowest BCUT2D eigenvalue weighted by Crippen LogP contribution is -2.29. The zero-order valence-corrected chi connectivity index (χ0v) is 12.6. The van der Waals surface area contributed by atoms with Gasteiger partial charge in [-0.2, -0.15) is 5.10 Å². The molecule has 0 saturated carbocycles. The fourth-order valence-corrected chi connectivity index (χ4v) is 2.31. The van der Waals surface area contributed by atoms with Crippen molar-refractivity contribution in [2.75, 3.05) is 12.3 Å². The number of hydrogen-bond acceptors (Lipinski definition) is 6. The average Bonchev–Trinajstić information content (AvgIpc) is 2.92. The SMILES string of the molecule is Cc1nn(CC(=O)NCCSc2nnnn2C)cc1Cl. The third-order valence-corrected chi connectivity index (χ3v) is 3.81. The number of rotatable bonds is 6. The molecular formula is C10H14ClN7OS. The van der Waals surface area contributed by atoms with Crippen LogP contribution in [-0.4, -0.2) is 48.2 Å². The Morgan fingerprint density at radius 3 is 2.95 bits per heavy atom. The summed E-state index contributed by atoms with van der Waals surface area (Å²) in [5, 5.41) is 19.3. The van der Waals surface area contributed by atoms with Gasteiger partial charge in [0.25, 0.3) is 0 Å². The van der Waals surface area contributed by atoms with Gasteiger partial charge in [0, 0.05) is 25.5 Å². The molecule has 10 heteroatoms. The monoisotopic (exact) mass is 315 g/mol. The number of halogens is 1. The molecule has 2 rings (SSSR count). The van der Waals surface area contributed by atoms with Crippen molar-refractivity contribution in [2.24, 2.45) is 7.05 Å². The predicted octanol–water partition coefficient (Wildman–Crippen LogP) is 0.277. The van der Waals surface area contributed by atoms with Gasteiger partial charge in [-0.3, -0.25) is 9.48 Å². The van der Waals surface area contributed by atoms with Crippen LogP contribution in [0.4, 0.5) is 0 Å². The van der Waals surface area contributed by atoms with Crippen molar-refractivity contribution in [3.05, 3.63) is 16.9 Å². The highest BCUT2D eigenvalue weighted by molar-refractivity contribution is 7.99. The lowest BCUT2D eigenvalue weighted by atomic mass is 10.5. The van der Waals surface area contributed by atoms with E-state index in [9.17, 15) is 4.79 Å². The van der Waals surface area contributed by atoms with Gasteiger partial charge in [0.15, 0.2) is 0 Å². The summed E-state index contributed by atoms with van der Waals surface area (Å²) >= 11 is 7.35. The molecular weight excluding hydrogens is 302 g/mol. The molecule has 1 N–H and O–H groups in total. The summed E-state index contributed by atoms with van der Waals surface area (Å²) in [6, 6.07) is 0. The van der Waals surface area contributed by atoms with Gasteiger partial charge in [-0.25, -0.2) is 4.68 Å². The fourth-order valence-electron chi connectivity index (χ4n) is 1.45. The highest BCUT2D eigenvalue weighted by Gasteiger charge is 2.07. The summed E-state index contributed by atoms with van der Waals surface area (Å²) in [5.74, 6) is 0.583. The van der Waals surface area contributed by atoms with Gasteiger partial charge in [-0.15, -0.1) is 5.10 Å².